The Morgan fingerprint density at radius 3 is 2.49 bits per heavy atom. The summed E-state index contributed by atoms with van der Waals surface area (Å²) in [5.41, 5.74) is 11.8. The van der Waals surface area contributed by atoms with Gasteiger partial charge in [-0.25, -0.2) is 4.79 Å². The molecule has 3 heterocycles. The smallest absolute Gasteiger partial charge is 0.314 e. The molecule has 1 atom stereocenters. The first-order valence-corrected chi connectivity index (χ1v) is 13.7. The highest BCUT2D eigenvalue weighted by Gasteiger charge is 2.33. The van der Waals surface area contributed by atoms with Crippen molar-refractivity contribution in [3.8, 4) is 0 Å². The number of urea groups is 1. The number of aryl methyl sites for hydroxylation is 2. The van der Waals surface area contributed by atoms with Crippen LogP contribution in [0.15, 0.2) is 47.2 Å². The lowest BCUT2D eigenvalue weighted by atomic mass is 9.92. The summed E-state index contributed by atoms with van der Waals surface area (Å²) in [7, 11) is 0. The molecule has 0 radical (unpaired) electrons. The van der Waals surface area contributed by atoms with E-state index in [0.717, 1.165) is 80.9 Å². The molecule has 1 aromatic carbocycles. The van der Waals surface area contributed by atoms with Crippen molar-refractivity contribution in [3.63, 3.8) is 0 Å². The second-order valence-corrected chi connectivity index (χ2v) is 11.4. The van der Waals surface area contributed by atoms with Gasteiger partial charge in [-0.1, -0.05) is 24.2 Å². The van der Waals surface area contributed by atoms with Gasteiger partial charge in [0, 0.05) is 60.7 Å². The van der Waals surface area contributed by atoms with Crippen molar-refractivity contribution >= 4 is 33.6 Å². The molecule has 2 amide bonds. The Morgan fingerprint density at radius 2 is 1.77 bits per heavy atom. The number of halogens is 2. The summed E-state index contributed by atoms with van der Waals surface area (Å²) in [5.74, 6) is 0.573. The Balaban J connectivity index is 1.28. The number of pyridine rings is 1. The number of piperazine rings is 1. The number of likely N-dealkylation sites (tertiary alicyclic amines) is 1. The van der Waals surface area contributed by atoms with Crippen molar-refractivity contribution in [1.29, 1.82) is 0 Å². The SMILES string of the molecule is C=C(CC1CCN(C(N)=O)CC1)N1CCN([C@@H]2c3ccc(Cl)cc3CCc3cc(Br)cnc32)CC1. The standard InChI is InChI=1S/C27H33BrClN5O/c1-18(14-19-6-8-34(9-7-19)27(30)35)32-10-12-33(13-11-32)26-24-5-4-23(29)16-20(24)2-3-21-15-22(28)17-31-25(21)26/h4-5,15-17,19,26H,1-3,6-14H2,(H2,30,35)/t26-/m1/s1. The minimum atomic E-state index is -0.302. The molecule has 1 aromatic heterocycles. The topological polar surface area (TPSA) is 65.7 Å². The van der Waals surface area contributed by atoms with Crippen LogP contribution in [0.1, 0.15) is 47.7 Å². The number of nitrogens with zero attached hydrogens (tertiary/aromatic N) is 4. The van der Waals surface area contributed by atoms with Gasteiger partial charge in [-0.2, -0.15) is 0 Å². The van der Waals surface area contributed by atoms with Crippen molar-refractivity contribution in [2.24, 2.45) is 11.7 Å². The number of hydrogen-bond acceptors (Lipinski definition) is 4. The second-order valence-electron chi connectivity index (χ2n) is 10.0. The highest BCUT2D eigenvalue weighted by molar-refractivity contribution is 9.10. The molecule has 186 valence electrons. The molecule has 0 unspecified atom stereocenters. The first-order valence-electron chi connectivity index (χ1n) is 12.5. The molecule has 5 rings (SSSR count). The number of primary amides is 1. The van der Waals surface area contributed by atoms with Crippen LogP contribution in [0, 0.1) is 5.92 Å². The van der Waals surface area contributed by atoms with Crippen molar-refractivity contribution in [2.75, 3.05) is 39.3 Å². The fourth-order valence-electron chi connectivity index (χ4n) is 5.90. The molecule has 0 saturated carbocycles. The molecule has 35 heavy (non-hydrogen) atoms. The first kappa shape index (κ1) is 24.6. The Labute approximate surface area is 221 Å². The van der Waals surface area contributed by atoms with E-state index in [4.69, 9.17) is 22.3 Å². The van der Waals surface area contributed by atoms with Crippen molar-refractivity contribution in [2.45, 2.75) is 38.1 Å². The fraction of sp³-hybridized carbons (Fsp3) is 0.481. The number of piperidine rings is 1. The lowest BCUT2D eigenvalue weighted by Crippen LogP contribution is -2.48. The van der Waals surface area contributed by atoms with Crippen molar-refractivity contribution < 1.29 is 4.79 Å². The molecular formula is C27H33BrClN5O. The third-order valence-corrected chi connectivity index (χ3v) is 8.54. The number of allylic oxidation sites excluding steroid dienone is 1. The Bertz CT molecular complexity index is 1060. The molecule has 2 saturated heterocycles. The van der Waals surface area contributed by atoms with Crippen LogP contribution in [-0.2, 0) is 12.8 Å². The summed E-state index contributed by atoms with van der Waals surface area (Å²) < 4.78 is 1.03. The summed E-state index contributed by atoms with van der Waals surface area (Å²) in [6.07, 6.45) is 6.87. The minimum Gasteiger partial charge on any atom is -0.373 e. The van der Waals surface area contributed by atoms with Gasteiger partial charge in [0.25, 0.3) is 0 Å². The molecule has 2 fully saturated rings. The van der Waals surface area contributed by atoms with E-state index in [0.29, 0.717) is 5.92 Å². The first-order chi connectivity index (χ1) is 16.9. The quantitative estimate of drug-likeness (QED) is 0.574. The average Bonchev–Trinajstić information content (AvgIpc) is 3.00. The molecule has 3 aliphatic rings. The monoisotopic (exact) mass is 557 g/mol. The summed E-state index contributed by atoms with van der Waals surface area (Å²) in [4.78, 5) is 23.1. The van der Waals surface area contributed by atoms with Crippen molar-refractivity contribution in [1.82, 2.24) is 19.7 Å². The summed E-state index contributed by atoms with van der Waals surface area (Å²) in [6.45, 7) is 9.81. The van der Waals surface area contributed by atoms with Gasteiger partial charge in [0.05, 0.1) is 11.7 Å². The van der Waals surface area contributed by atoms with Gasteiger partial charge in [0.15, 0.2) is 0 Å². The molecule has 0 spiro atoms. The van der Waals surface area contributed by atoms with Crippen LogP contribution in [0.2, 0.25) is 5.02 Å². The second kappa shape index (κ2) is 10.5. The molecule has 0 bridgehead atoms. The maximum atomic E-state index is 11.4. The minimum absolute atomic E-state index is 0.140. The van der Waals surface area contributed by atoms with Crippen LogP contribution in [-0.4, -0.2) is 65.0 Å². The van der Waals surface area contributed by atoms with Crippen LogP contribution >= 0.6 is 27.5 Å². The third kappa shape index (κ3) is 5.37. The van der Waals surface area contributed by atoms with Gasteiger partial charge in [-0.05, 0) is 88.8 Å². The van der Waals surface area contributed by atoms with Gasteiger partial charge in [0.2, 0.25) is 0 Å². The molecule has 2 aliphatic heterocycles. The van der Waals surface area contributed by atoms with Gasteiger partial charge in [0.1, 0.15) is 0 Å². The number of benzene rings is 1. The molecule has 2 N–H and O–H groups in total. The van der Waals surface area contributed by atoms with Gasteiger partial charge in [-0.15, -0.1) is 0 Å². The van der Waals surface area contributed by atoms with Crippen LogP contribution < -0.4 is 5.73 Å². The predicted molar refractivity (Wildman–Crippen MR) is 143 cm³/mol. The van der Waals surface area contributed by atoms with E-state index >= 15 is 0 Å². The Hall–Kier alpha value is -2.09. The maximum absolute atomic E-state index is 11.4. The Kier molecular flexibility index (Phi) is 7.37. The zero-order valence-corrected chi connectivity index (χ0v) is 22.4. The van der Waals surface area contributed by atoms with E-state index in [2.05, 4.69) is 50.5 Å². The number of carbonyl (C=O) groups is 1. The number of rotatable bonds is 4. The van der Waals surface area contributed by atoms with E-state index in [9.17, 15) is 4.79 Å². The fourth-order valence-corrected chi connectivity index (χ4v) is 6.47. The van der Waals surface area contributed by atoms with E-state index < -0.39 is 0 Å². The molecule has 6 nitrogen and oxygen atoms in total. The maximum Gasteiger partial charge on any atom is 0.314 e. The Morgan fingerprint density at radius 1 is 1.06 bits per heavy atom. The van der Waals surface area contributed by atoms with Crippen molar-refractivity contribution in [3.05, 3.63) is 74.6 Å². The molecule has 1 aliphatic carbocycles. The predicted octanol–water partition coefficient (Wildman–Crippen LogP) is 5.00. The van der Waals surface area contributed by atoms with Crippen LogP contribution in [0.3, 0.4) is 0 Å². The normalized spacial score (nSPS) is 21.3. The van der Waals surface area contributed by atoms with Gasteiger partial charge < -0.3 is 15.5 Å². The van der Waals surface area contributed by atoms with Gasteiger partial charge in [-0.3, -0.25) is 9.88 Å². The van der Waals surface area contributed by atoms with E-state index in [-0.39, 0.29) is 12.1 Å². The highest BCUT2D eigenvalue weighted by atomic mass is 79.9. The number of fused-ring (bicyclic) bond motifs is 2. The van der Waals surface area contributed by atoms with E-state index in [1.165, 1.54) is 28.1 Å². The highest BCUT2D eigenvalue weighted by Crippen LogP contribution is 2.38. The summed E-state index contributed by atoms with van der Waals surface area (Å²) in [5, 5.41) is 0.797. The van der Waals surface area contributed by atoms with Crippen LogP contribution in [0.4, 0.5) is 4.79 Å². The largest absolute Gasteiger partial charge is 0.373 e. The zero-order chi connectivity index (χ0) is 24.5. The van der Waals surface area contributed by atoms with E-state index in [1.54, 1.807) is 4.90 Å². The lowest BCUT2D eigenvalue weighted by Gasteiger charge is -2.42. The average molecular weight is 559 g/mol. The number of carbonyl (C=O) groups excluding carboxylic acids is 1. The number of nitrogens with two attached hydrogens (primary N) is 1. The zero-order valence-electron chi connectivity index (χ0n) is 20.1. The van der Waals surface area contributed by atoms with E-state index in [1.807, 2.05) is 12.3 Å². The molecule has 2 aromatic rings. The lowest BCUT2D eigenvalue weighted by molar-refractivity contribution is 0.122. The third-order valence-electron chi connectivity index (χ3n) is 7.87. The van der Waals surface area contributed by atoms with Gasteiger partial charge >= 0.3 is 6.03 Å². The van der Waals surface area contributed by atoms with Crippen LogP contribution in [0.5, 0.6) is 0 Å². The molecular weight excluding hydrogens is 526 g/mol. The number of hydrogen-bond donors (Lipinski definition) is 1. The molecule has 8 heteroatoms. The summed E-state index contributed by atoms with van der Waals surface area (Å²) >= 11 is 9.99. The number of amides is 2. The van der Waals surface area contributed by atoms with Crippen LogP contribution in [0.25, 0.3) is 0 Å². The summed E-state index contributed by atoms with van der Waals surface area (Å²) in [6, 6.07) is 8.41. The number of aromatic nitrogens is 1.